The van der Waals surface area contributed by atoms with E-state index in [0.717, 1.165) is 11.4 Å². The van der Waals surface area contributed by atoms with E-state index in [0.29, 0.717) is 0 Å². The van der Waals surface area contributed by atoms with E-state index < -0.39 is 0 Å². The molecule has 1 aliphatic rings. The van der Waals surface area contributed by atoms with Crippen molar-refractivity contribution in [2.24, 2.45) is 0 Å². The molecule has 0 radical (unpaired) electrons. The van der Waals surface area contributed by atoms with E-state index in [2.05, 4.69) is 205 Å². The Labute approximate surface area is 308 Å². The van der Waals surface area contributed by atoms with Crippen LogP contribution < -0.4 is 0 Å². The van der Waals surface area contributed by atoms with Crippen LogP contribution >= 0.6 is 0 Å². The molecule has 0 N–H and O–H groups in total. The standard InChI is InChI=1S/C51H36N2/c1-51(2)44-20-9-6-17-39(44)43-32-36(25-29-45(43)51)34-23-26-37(27-24-34)53-46-21-10-7-18-40(46)41-28-30-48-49(50(41)53)42-19-8-11-22-47(42)52(48)38-16-12-15-35(31-38)33-13-4-3-5-14-33/h3-32H,1-2H3. The van der Waals surface area contributed by atoms with Gasteiger partial charge in [-0.3, -0.25) is 0 Å². The van der Waals surface area contributed by atoms with Crippen molar-refractivity contribution in [3.05, 3.63) is 193 Å². The Hall–Kier alpha value is -6.64. The maximum absolute atomic E-state index is 2.48. The van der Waals surface area contributed by atoms with Gasteiger partial charge in [-0.05, 0) is 93.0 Å². The summed E-state index contributed by atoms with van der Waals surface area (Å²) in [6.07, 6.45) is 0. The van der Waals surface area contributed by atoms with Crippen LogP contribution in [0.2, 0.25) is 0 Å². The first-order chi connectivity index (χ1) is 26.1. The SMILES string of the molecule is CC1(C)c2ccccc2-c2cc(-c3ccc(-n4c5ccccc5c5ccc6c(c7ccccc7n6-c6cccc(-c7ccccc7)c6)c54)cc3)ccc21. The normalized spacial score (nSPS) is 13.2. The van der Waals surface area contributed by atoms with Gasteiger partial charge in [-0.2, -0.15) is 0 Å². The molecule has 250 valence electrons. The molecule has 2 aromatic heterocycles. The van der Waals surface area contributed by atoms with Crippen LogP contribution in [0.15, 0.2) is 182 Å². The Kier molecular flexibility index (Phi) is 6.33. The number of fused-ring (bicyclic) bond motifs is 10. The average molecular weight is 677 g/mol. The van der Waals surface area contributed by atoms with Gasteiger partial charge in [-0.1, -0.05) is 147 Å². The summed E-state index contributed by atoms with van der Waals surface area (Å²) >= 11 is 0. The van der Waals surface area contributed by atoms with Crippen molar-refractivity contribution in [1.29, 1.82) is 0 Å². The highest BCUT2D eigenvalue weighted by Gasteiger charge is 2.35. The van der Waals surface area contributed by atoms with Gasteiger partial charge in [0.05, 0.1) is 22.1 Å². The summed E-state index contributed by atoms with van der Waals surface area (Å²) in [5.41, 5.74) is 17.6. The summed E-state index contributed by atoms with van der Waals surface area (Å²) < 4.78 is 4.92. The molecule has 2 nitrogen and oxygen atoms in total. The number of rotatable bonds is 4. The van der Waals surface area contributed by atoms with Gasteiger partial charge >= 0.3 is 0 Å². The predicted molar refractivity (Wildman–Crippen MR) is 224 cm³/mol. The van der Waals surface area contributed by atoms with Crippen LogP contribution in [0.3, 0.4) is 0 Å². The third-order valence-electron chi connectivity index (χ3n) is 11.7. The molecule has 0 amide bonds. The molecule has 0 saturated heterocycles. The van der Waals surface area contributed by atoms with Crippen LogP contribution in [0.4, 0.5) is 0 Å². The first-order valence-corrected chi connectivity index (χ1v) is 18.5. The van der Waals surface area contributed by atoms with E-state index in [1.54, 1.807) is 0 Å². The second kappa shape index (κ2) is 11.2. The van der Waals surface area contributed by atoms with Crippen molar-refractivity contribution in [3.63, 3.8) is 0 Å². The third kappa shape index (κ3) is 4.33. The van der Waals surface area contributed by atoms with Crippen LogP contribution in [0.5, 0.6) is 0 Å². The lowest BCUT2D eigenvalue weighted by atomic mass is 9.82. The second-order valence-electron chi connectivity index (χ2n) is 15.0. The lowest BCUT2D eigenvalue weighted by molar-refractivity contribution is 0.660. The predicted octanol–water partition coefficient (Wildman–Crippen LogP) is 13.5. The largest absolute Gasteiger partial charge is 0.309 e. The fourth-order valence-corrected chi connectivity index (χ4v) is 9.21. The number of hydrogen-bond acceptors (Lipinski definition) is 0. The number of nitrogens with zero attached hydrogens (tertiary/aromatic N) is 2. The Balaban J connectivity index is 1.11. The van der Waals surface area contributed by atoms with E-state index in [9.17, 15) is 0 Å². The Morgan fingerprint density at radius 1 is 0.358 bits per heavy atom. The van der Waals surface area contributed by atoms with Crippen molar-refractivity contribution in [3.8, 4) is 44.8 Å². The summed E-state index contributed by atoms with van der Waals surface area (Å²) in [5, 5.41) is 5.04. The minimum Gasteiger partial charge on any atom is -0.309 e. The highest BCUT2D eigenvalue weighted by molar-refractivity contribution is 6.26. The number of aromatic nitrogens is 2. The summed E-state index contributed by atoms with van der Waals surface area (Å²) in [5.74, 6) is 0. The quantitative estimate of drug-likeness (QED) is 0.176. The molecule has 8 aromatic carbocycles. The summed E-state index contributed by atoms with van der Waals surface area (Å²) in [4.78, 5) is 0. The van der Waals surface area contributed by atoms with Gasteiger partial charge in [0.15, 0.2) is 0 Å². The summed E-state index contributed by atoms with van der Waals surface area (Å²) in [6, 6.07) is 67.0. The molecular formula is C51H36N2. The highest BCUT2D eigenvalue weighted by atomic mass is 15.0. The van der Waals surface area contributed by atoms with Crippen molar-refractivity contribution >= 4 is 43.6 Å². The molecule has 2 heteroatoms. The van der Waals surface area contributed by atoms with Gasteiger partial charge in [0.25, 0.3) is 0 Å². The van der Waals surface area contributed by atoms with E-state index in [1.807, 2.05) is 0 Å². The molecule has 2 heterocycles. The topological polar surface area (TPSA) is 9.86 Å². The molecule has 1 aliphatic carbocycles. The van der Waals surface area contributed by atoms with Crippen LogP contribution in [0, 0.1) is 0 Å². The number of hydrogen-bond donors (Lipinski definition) is 0. The Bertz CT molecular complexity index is 3060. The molecule has 0 spiro atoms. The van der Waals surface area contributed by atoms with Gasteiger partial charge in [0, 0.05) is 38.3 Å². The first-order valence-electron chi connectivity index (χ1n) is 18.5. The molecule has 0 fully saturated rings. The van der Waals surface area contributed by atoms with Gasteiger partial charge in [-0.15, -0.1) is 0 Å². The second-order valence-corrected chi connectivity index (χ2v) is 15.0. The van der Waals surface area contributed by atoms with Gasteiger partial charge < -0.3 is 9.13 Å². The lowest BCUT2D eigenvalue weighted by Crippen LogP contribution is -2.14. The van der Waals surface area contributed by atoms with Gasteiger partial charge in [0.2, 0.25) is 0 Å². The molecule has 0 aliphatic heterocycles. The number of para-hydroxylation sites is 2. The van der Waals surface area contributed by atoms with Gasteiger partial charge in [0.1, 0.15) is 0 Å². The average Bonchev–Trinajstić information content (AvgIpc) is 3.81. The van der Waals surface area contributed by atoms with Crippen molar-refractivity contribution in [2.45, 2.75) is 19.3 Å². The zero-order valence-electron chi connectivity index (χ0n) is 29.7. The fourth-order valence-electron chi connectivity index (χ4n) is 9.21. The maximum Gasteiger partial charge on any atom is 0.0641 e. The van der Waals surface area contributed by atoms with E-state index >= 15 is 0 Å². The first kappa shape index (κ1) is 30.0. The van der Waals surface area contributed by atoms with Crippen LogP contribution in [0.25, 0.3) is 88.4 Å². The van der Waals surface area contributed by atoms with Crippen LogP contribution in [0.1, 0.15) is 25.0 Å². The van der Waals surface area contributed by atoms with Crippen molar-refractivity contribution < 1.29 is 0 Å². The molecule has 0 unspecified atom stereocenters. The lowest BCUT2D eigenvalue weighted by Gasteiger charge is -2.21. The molecular weight excluding hydrogens is 641 g/mol. The van der Waals surface area contributed by atoms with E-state index in [-0.39, 0.29) is 5.41 Å². The molecule has 0 atom stereocenters. The monoisotopic (exact) mass is 676 g/mol. The Morgan fingerprint density at radius 3 is 1.81 bits per heavy atom. The molecule has 0 saturated carbocycles. The summed E-state index contributed by atoms with van der Waals surface area (Å²) in [6.45, 7) is 4.68. The maximum atomic E-state index is 2.48. The Morgan fingerprint density at radius 2 is 0.981 bits per heavy atom. The van der Waals surface area contributed by atoms with Crippen LogP contribution in [-0.2, 0) is 5.41 Å². The van der Waals surface area contributed by atoms with Crippen molar-refractivity contribution in [1.82, 2.24) is 9.13 Å². The van der Waals surface area contributed by atoms with Crippen LogP contribution in [-0.4, -0.2) is 9.13 Å². The smallest absolute Gasteiger partial charge is 0.0641 e. The van der Waals surface area contributed by atoms with E-state index in [4.69, 9.17) is 0 Å². The summed E-state index contributed by atoms with van der Waals surface area (Å²) in [7, 11) is 0. The minimum absolute atomic E-state index is 0.00397. The zero-order valence-corrected chi connectivity index (χ0v) is 29.7. The van der Waals surface area contributed by atoms with Gasteiger partial charge in [-0.25, -0.2) is 0 Å². The highest BCUT2D eigenvalue weighted by Crippen LogP contribution is 2.49. The fraction of sp³-hybridized carbons (Fsp3) is 0.0588. The zero-order chi connectivity index (χ0) is 35.3. The molecule has 10 aromatic rings. The van der Waals surface area contributed by atoms with E-state index in [1.165, 1.54) is 88.1 Å². The third-order valence-corrected chi connectivity index (χ3v) is 11.7. The number of benzene rings is 8. The molecule has 11 rings (SSSR count). The molecule has 0 bridgehead atoms. The minimum atomic E-state index is 0.00397. The molecule has 53 heavy (non-hydrogen) atoms. The van der Waals surface area contributed by atoms with Crippen molar-refractivity contribution in [2.75, 3.05) is 0 Å².